The summed E-state index contributed by atoms with van der Waals surface area (Å²) in [6, 6.07) is 13.6. The molecular formula is C28H32FN5O3. The molecule has 9 heteroatoms. The minimum absolute atomic E-state index is 0.230. The average molecular weight is 506 g/mol. The molecule has 8 nitrogen and oxygen atoms in total. The van der Waals surface area contributed by atoms with Crippen molar-refractivity contribution >= 4 is 11.6 Å². The number of hydrogen-bond acceptors (Lipinski definition) is 6. The molecule has 0 radical (unpaired) electrons. The molecule has 0 unspecified atom stereocenters. The van der Waals surface area contributed by atoms with Crippen molar-refractivity contribution in [2.75, 3.05) is 64.4 Å². The van der Waals surface area contributed by atoms with Crippen LogP contribution in [0.2, 0.25) is 0 Å². The van der Waals surface area contributed by atoms with Crippen LogP contribution in [0.5, 0.6) is 0 Å². The quantitative estimate of drug-likeness (QED) is 0.554. The molecule has 0 atom stereocenters. The summed E-state index contributed by atoms with van der Waals surface area (Å²) in [6.45, 7) is 7.14. The highest BCUT2D eigenvalue weighted by atomic mass is 19.1. The number of hydrogen-bond donors (Lipinski definition) is 1. The van der Waals surface area contributed by atoms with E-state index in [4.69, 9.17) is 10.5 Å². The molecule has 0 bridgehead atoms. The number of benzene rings is 2. The van der Waals surface area contributed by atoms with Gasteiger partial charge in [-0.2, -0.15) is 0 Å². The van der Waals surface area contributed by atoms with Crippen LogP contribution < -0.4 is 16.2 Å². The van der Waals surface area contributed by atoms with Gasteiger partial charge in [-0.25, -0.2) is 4.39 Å². The van der Waals surface area contributed by atoms with Crippen LogP contribution in [0.4, 0.5) is 10.1 Å². The first kappa shape index (κ1) is 25.1. The smallest absolute Gasteiger partial charge is 0.255 e. The van der Waals surface area contributed by atoms with Gasteiger partial charge >= 0.3 is 0 Å². The van der Waals surface area contributed by atoms with E-state index in [0.29, 0.717) is 36.6 Å². The van der Waals surface area contributed by atoms with Crippen LogP contribution >= 0.6 is 0 Å². The zero-order chi connectivity index (χ0) is 25.9. The van der Waals surface area contributed by atoms with Gasteiger partial charge in [0.25, 0.3) is 5.56 Å². The van der Waals surface area contributed by atoms with E-state index in [1.165, 1.54) is 29.0 Å². The summed E-state index contributed by atoms with van der Waals surface area (Å²) in [5, 5.41) is 0. The molecule has 194 valence electrons. The van der Waals surface area contributed by atoms with Crippen molar-refractivity contribution in [1.82, 2.24) is 14.4 Å². The van der Waals surface area contributed by atoms with Crippen molar-refractivity contribution in [2.45, 2.75) is 6.54 Å². The Hall–Kier alpha value is -3.53. The Morgan fingerprint density at radius 2 is 1.70 bits per heavy atom. The van der Waals surface area contributed by atoms with Gasteiger partial charge < -0.3 is 20.3 Å². The van der Waals surface area contributed by atoms with Gasteiger partial charge in [0.2, 0.25) is 5.91 Å². The SMILES string of the molecule is CN1CCN(c2ccc(-c3cc(CN4CCOCC4)ccc3F)cc2-n2cc(C(N)=O)ccc2=O)CC1. The van der Waals surface area contributed by atoms with Crippen LogP contribution in [0, 0.1) is 5.82 Å². The van der Waals surface area contributed by atoms with Crippen molar-refractivity contribution in [1.29, 1.82) is 0 Å². The summed E-state index contributed by atoms with van der Waals surface area (Å²) in [7, 11) is 2.08. The molecule has 5 rings (SSSR count). The number of likely N-dealkylation sites (N-methyl/N-ethyl adjacent to an activating group) is 1. The first-order chi connectivity index (χ1) is 17.9. The summed E-state index contributed by atoms with van der Waals surface area (Å²) in [4.78, 5) is 31.6. The Bertz CT molecular complexity index is 1340. The lowest BCUT2D eigenvalue weighted by Gasteiger charge is -2.35. The Balaban J connectivity index is 1.58. The van der Waals surface area contributed by atoms with E-state index < -0.39 is 5.91 Å². The van der Waals surface area contributed by atoms with E-state index in [0.717, 1.165) is 50.5 Å². The van der Waals surface area contributed by atoms with E-state index in [2.05, 4.69) is 21.7 Å². The number of pyridine rings is 1. The molecule has 2 saturated heterocycles. The van der Waals surface area contributed by atoms with Crippen molar-refractivity contribution in [3.05, 3.63) is 82.0 Å². The first-order valence-corrected chi connectivity index (χ1v) is 12.6. The third kappa shape index (κ3) is 5.58. The Labute approximate surface area is 215 Å². The van der Waals surface area contributed by atoms with E-state index in [1.807, 2.05) is 30.3 Å². The normalized spacial score (nSPS) is 17.2. The summed E-state index contributed by atoms with van der Waals surface area (Å²) in [5.41, 5.74) is 9.03. The zero-order valence-electron chi connectivity index (χ0n) is 21.0. The number of aromatic nitrogens is 1. The number of piperazine rings is 1. The number of ether oxygens (including phenoxy) is 1. The molecule has 2 aliphatic heterocycles. The summed E-state index contributed by atoms with van der Waals surface area (Å²) in [6.07, 6.45) is 1.47. The van der Waals surface area contributed by atoms with Crippen LogP contribution in [-0.2, 0) is 11.3 Å². The number of rotatable bonds is 6. The third-order valence-corrected chi connectivity index (χ3v) is 7.13. The summed E-state index contributed by atoms with van der Waals surface area (Å²) in [5.74, 6) is -0.949. The van der Waals surface area contributed by atoms with Crippen molar-refractivity contribution < 1.29 is 13.9 Å². The minimum atomic E-state index is -0.618. The molecule has 37 heavy (non-hydrogen) atoms. The number of primary amides is 1. The average Bonchev–Trinajstić information content (AvgIpc) is 2.91. The van der Waals surface area contributed by atoms with E-state index in [9.17, 15) is 9.59 Å². The number of anilines is 1. The number of amides is 1. The molecule has 1 aromatic heterocycles. The predicted octanol–water partition coefficient (Wildman–Crippen LogP) is 2.33. The fourth-order valence-corrected chi connectivity index (χ4v) is 4.93. The van der Waals surface area contributed by atoms with Crippen LogP contribution in [-0.4, -0.2) is 79.8 Å². The Morgan fingerprint density at radius 1 is 0.946 bits per heavy atom. The number of nitrogens with zero attached hydrogens (tertiary/aromatic N) is 4. The fraction of sp³-hybridized carbons (Fsp3) is 0.357. The molecule has 2 fully saturated rings. The van der Waals surface area contributed by atoms with Crippen molar-refractivity contribution in [2.24, 2.45) is 5.73 Å². The van der Waals surface area contributed by atoms with Gasteiger partial charge in [0, 0.05) is 63.6 Å². The van der Waals surface area contributed by atoms with Gasteiger partial charge in [0.1, 0.15) is 5.82 Å². The first-order valence-electron chi connectivity index (χ1n) is 12.6. The Morgan fingerprint density at radius 3 is 2.43 bits per heavy atom. The molecule has 3 aromatic rings. The fourth-order valence-electron chi connectivity index (χ4n) is 4.93. The highest BCUT2D eigenvalue weighted by Crippen LogP contribution is 2.32. The second-order valence-corrected chi connectivity index (χ2v) is 9.69. The van der Waals surface area contributed by atoms with E-state index in [1.54, 1.807) is 0 Å². The molecular weight excluding hydrogens is 473 g/mol. The number of carbonyl (C=O) groups excluding carboxylic acids is 1. The monoisotopic (exact) mass is 505 g/mol. The minimum Gasteiger partial charge on any atom is -0.379 e. The van der Waals surface area contributed by atoms with Crippen LogP contribution in [0.15, 0.2) is 59.5 Å². The van der Waals surface area contributed by atoms with Crippen LogP contribution in [0.3, 0.4) is 0 Å². The maximum Gasteiger partial charge on any atom is 0.255 e. The predicted molar refractivity (Wildman–Crippen MR) is 142 cm³/mol. The highest BCUT2D eigenvalue weighted by Gasteiger charge is 2.21. The number of carbonyl (C=O) groups is 1. The van der Waals surface area contributed by atoms with E-state index >= 15 is 4.39 Å². The van der Waals surface area contributed by atoms with Crippen molar-refractivity contribution in [3.63, 3.8) is 0 Å². The van der Waals surface area contributed by atoms with Crippen LogP contribution in [0.25, 0.3) is 16.8 Å². The maximum absolute atomic E-state index is 15.1. The molecule has 0 saturated carbocycles. The van der Waals surface area contributed by atoms with Crippen LogP contribution in [0.1, 0.15) is 15.9 Å². The molecule has 2 aliphatic rings. The van der Waals surface area contributed by atoms with Gasteiger partial charge in [-0.15, -0.1) is 0 Å². The number of morpholine rings is 1. The molecule has 3 heterocycles. The second kappa shape index (κ2) is 10.8. The lowest BCUT2D eigenvalue weighted by atomic mass is 10.00. The van der Waals surface area contributed by atoms with Gasteiger partial charge in [-0.05, 0) is 48.5 Å². The van der Waals surface area contributed by atoms with Crippen molar-refractivity contribution in [3.8, 4) is 16.8 Å². The third-order valence-electron chi connectivity index (χ3n) is 7.13. The van der Waals surface area contributed by atoms with E-state index in [-0.39, 0.29) is 16.9 Å². The number of nitrogens with two attached hydrogens (primary N) is 1. The van der Waals surface area contributed by atoms with Gasteiger partial charge in [-0.3, -0.25) is 19.1 Å². The largest absolute Gasteiger partial charge is 0.379 e. The molecule has 2 N–H and O–H groups in total. The summed E-state index contributed by atoms with van der Waals surface area (Å²) >= 11 is 0. The lowest BCUT2D eigenvalue weighted by molar-refractivity contribution is 0.0342. The highest BCUT2D eigenvalue weighted by molar-refractivity contribution is 5.92. The maximum atomic E-state index is 15.1. The Kier molecular flexibility index (Phi) is 7.36. The summed E-state index contributed by atoms with van der Waals surface area (Å²) < 4.78 is 22.0. The standard InChI is InChI=1S/C28H32FN5O3/c1-31-8-10-33(11-9-31)25-6-3-21(17-26(25)34-19-22(28(30)36)4-7-27(34)35)23-16-20(2-5-24(23)29)18-32-12-14-37-15-13-32/h2-7,16-17,19H,8-15,18H2,1H3,(H2,30,36). The lowest BCUT2D eigenvalue weighted by Crippen LogP contribution is -2.45. The van der Waals surface area contributed by atoms with Gasteiger partial charge in [-0.1, -0.05) is 12.1 Å². The molecule has 0 aliphatic carbocycles. The van der Waals surface area contributed by atoms with Gasteiger partial charge in [0.15, 0.2) is 0 Å². The second-order valence-electron chi connectivity index (χ2n) is 9.69. The molecule has 2 aromatic carbocycles. The topological polar surface area (TPSA) is 84.0 Å². The number of halogens is 1. The molecule has 1 amide bonds. The molecule has 0 spiro atoms. The zero-order valence-corrected chi connectivity index (χ0v) is 21.0. The van der Waals surface area contributed by atoms with Gasteiger partial charge in [0.05, 0.1) is 30.2 Å².